The third-order valence-electron chi connectivity index (χ3n) is 4.60. The molecular formula is C18H30O3. The van der Waals surface area contributed by atoms with E-state index in [4.69, 9.17) is 9.84 Å². The Morgan fingerprint density at radius 3 is 2.81 bits per heavy atom. The lowest BCUT2D eigenvalue weighted by Gasteiger charge is -2.41. The first-order chi connectivity index (χ1) is 9.89. The fourth-order valence-electron chi connectivity index (χ4n) is 3.30. The fraction of sp³-hybridized carbons (Fsp3) is 0.722. The number of ether oxygens (including phenoxy) is 1. The molecule has 3 heteroatoms. The largest absolute Gasteiger partial charge is 0.466 e. The predicted octanol–water partition coefficient (Wildman–Crippen LogP) is 4.02. The normalized spacial score (nSPS) is 21.9. The fourth-order valence-corrected chi connectivity index (χ4v) is 3.30. The summed E-state index contributed by atoms with van der Waals surface area (Å²) in [5.41, 5.74) is 3.00. The van der Waals surface area contributed by atoms with Crippen molar-refractivity contribution in [3.05, 3.63) is 23.3 Å². The minimum Gasteiger partial charge on any atom is -0.466 e. The quantitative estimate of drug-likeness (QED) is 0.438. The van der Waals surface area contributed by atoms with Crippen LogP contribution in [-0.2, 0) is 9.53 Å². The lowest BCUT2D eigenvalue weighted by molar-refractivity contribution is -0.140. The molecule has 1 rings (SSSR count). The summed E-state index contributed by atoms with van der Waals surface area (Å²) in [6, 6.07) is 0. The van der Waals surface area contributed by atoms with E-state index in [0.717, 1.165) is 25.7 Å². The second-order valence-electron chi connectivity index (χ2n) is 6.51. The zero-order chi connectivity index (χ0) is 15.9. The van der Waals surface area contributed by atoms with Crippen LogP contribution in [0.25, 0.3) is 0 Å². The highest BCUT2D eigenvalue weighted by molar-refractivity contribution is 5.65. The molecule has 0 aromatic heterocycles. The molecule has 0 bridgehead atoms. The molecule has 0 fully saturated rings. The lowest BCUT2D eigenvalue weighted by Crippen LogP contribution is -2.30. The van der Waals surface area contributed by atoms with Gasteiger partial charge in [-0.1, -0.05) is 37.1 Å². The Morgan fingerprint density at radius 2 is 2.19 bits per heavy atom. The Morgan fingerprint density at radius 1 is 1.48 bits per heavy atom. The summed E-state index contributed by atoms with van der Waals surface area (Å²) in [5, 5.41) is 8.84. The van der Waals surface area contributed by atoms with Gasteiger partial charge >= 0.3 is 5.97 Å². The molecule has 0 aliphatic heterocycles. The van der Waals surface area contributed by atoms with Gasteiger partial charge in [0.15, 0.2) is 0 Å². The molecule has 3 nitrogen and oxygen atoms in total. The number of hydrogen-bond donors (Lipinski definition) is 1. The molecule has 0 radical (unpaired) electrons. The van der Waals surface area contributed by atoms with Crippen molar-refractivity contribution in [3.8, 4) is 0 Å². The van der Waals surface area contributed by atoms with Crippen molar-refractivity contribution < 1.29 is 14.6 Å². The van der Waals surface area contributed by atoms with E-state index in [-0.39, 0.29) is 18.0 Å². The van der Waals surface area contributed by atoms with Gasteiger partial charge in [-0.2, -0.15) is 0 Å². The number of carbonyl (C=O) groups excluding carboxylic acids is 1. The summed E-state index contributed by atoms with van der Waals surface area (Å²) in [4.78, 5) is 10.9. The first-order valence-electron chi connectivity index (χ1n) is 7.99. The van der Waals surface area contributed by atoms with Crippen molar-refractivity contribution in [2.24, 2.45) is 11.3 Å². The minimum absolute atomic E-state index is 0.109. The molecule has 1 aliphatic rings. The second kappa shape index (κ2) is 8.38. The van der Waals surface area contributed by atoms with Crippen LogP contribution in [-0.4, -0.2) is 24.3 Å². The second-order valence-corrected chi connectivity index (χ2v) is 6.51. The summed E-state index contributed by atoms with van der Waals surface area (Å²) in [7, 11) is 0. The standard InChI is InChI=1S/C18H30O3/c1-14-9-10-16(8-6-5-7-12-19)18(3,4)17(14)11-13-21-15(2)20/h6,8,16,19H,5,7,9-13H2,1-4H3/b8-6-. The van der Waals surface area contributed by atoms with Crippen LogP contribution in [0.15, 0.2) is 23.3 Å². The molecular weight excluding hydrogens is 264 g/mol. The average molecular weight is 294 g/mol. The molecule has 0 aromatic carbocycles. The van der Waals surface area contributed by atoms with E-state index in [1.807, 2.05) is 0 Å². The van der Waals surface area contributed by atoms with Gasteiger partial charge in [0.05, 0.1) is 6.61 Å². The highest BCUT2D eigenvalue weighted by Crippen LogP contribution is 2.46. The number of esters is 1. The van der Waals surface area contributed by atoms with Crippen molar-refractivity contribution in [1.82, 2.24) is 0 Å². The van der Waals surface area contributed by atoms with Gasteiger partial charge in [0, 0.05) is 20.0 Å². The first-order valence-corrected chi connectivity index (χ1v) is 7.99. The average Bonchev–Trinajstić information content (AvgIpc) is 2.40. The SMILES string of the molecule is CC(=O)OCCC1=C(C)CCC(/C=C\CCCO)C1(C)C. The van der Waals surface area contributed by atoms with Crippen LogP contribution in [0.4, 0.5) is 0 Å². The number of aliphatic hydroxyl groups excluding tert-OH is 1. The maximum absolute atomic E-state index is 10.9. The van der Waals surface area contributed by atoms with Gasteiger partial charge in [0.1, 0.15) is 0 Å². The van der Waals surface area contributed by atoms with Gasteiger partial charge in [-0.15, -0.1) is 0 Å². The molecule has 1 unspecified atom stereocenters. The van der Waals surface area contributed by atoms with Crippen molar-refractivity contribution >= 4 is 5.97 Å². The Kier molecular flexibility index (Phi) is 7.16. The number of rotatable bonds is 7. The van der Waals surface area contributed by atoms with Crippen LogP contribution < -0.4 is 0 Å². The summed E-state index contributed by atoms with van der Waals surface area (Å²) in [6.45, 7) is 8.98. The van der Waals surface area contributed by atoms with E-state index in [1.165, 1.54) is 24.5 Å². The molecule has 1 atom stereocenters. The molecule has 21 heavy (non-hydrogen) atoms. The van der Waals surface area contributed by atoms with Gasteiger partial charge in [0.2, 0.25) is 0 Å². The summed E-state index contributed by atoms with van der Waals surface area (Å²) >= 11 is 0. The third kappa shape index (κ3) is 5.31. The molecule has 120 valence electrons. The molecule has 0 amide bonds. The van der Waals surface area contributed by atoms with Crippen LogP contribution in [0, 0.1) is 11.3 Å². The monoisotopic (exact) mass is 294 g/mol. The van der Waals surface area contributed by atoms with E-state index in [9.17, 15) is 4.79 Å². The molecule has 0 aromatic rings. The molecule has 1 N–H and O–H groups in total. The predicted molar refractivity (Wildman–Crippen MR) is 85.9 cm³/mol. The van der Waals surface area contributed by atoms with Crippen molar-refractivity contribution in [3.63, 3.8) is 0 Å². The van der Waals surface area contributed by atoms with E-state index in [0.29, 0.717) is 12.5 Å². The summed E-state index contributed by atoms with van der Waals surface area (Å²) in [6.07, 6.45) is 9.41. The Balaban J connectivity index is 2.71. The maximum Gasteiger partial charge on any atom is 0.302 e. The summed E-state index contributed by atoms with van der Waals surface area (Å²) < 4.78 is 5.12. The lowest BCUT2D eigenvalue weighted by atomic mass is 9.64. The summed E-state index contributed by atoms with van der Waals surface area (Å²) in [5.74, 6) is 0.314. The van der Waals surface area contributed by atoms with E-state index in [1.54, 1.807) is 0 Å². The zero-order valence-corrected chi connectivity index (χ0v) is 13.9. The van der Waals surface area contributed by atoms with Gasteiger partial charge in [-0.3, -0.25) is 4.79 Å². The number of carbonyl (C=O) groups is 1. The number of unbranched alkanes of at least 4 members (excludes halogenated alkanes) is 1. The molecule has 0 spiro atoms. The zero-order valence-electron chi connectivity index (χ0n) is 13.9. The van der Waals surface area contributed by atoms with Gasteiger partial charge in [-0.05, 0) is 43.9 Å². The van der Waals surface area contributed by atoms with Gasteiger partial charge in [0.25, 0.3) is 0 Å². The van der Waals surface area contributed by atoms with Crippen LogP contribution in [0.5, 0.6) is 0 Å². The Bertz CT molecular complexity index is 405. The maximum atomic E-state index is 10.9. The van der Waals surface area contributed by atoms with Crippen LogP contribution >= 0.6 is 0 Å². The van der Waals surface area contributed by atoms with Crippen LogP contribution in [0.2, 0.25) is 0 Å². The van der Waals surface area contributed by atoms with Gasteiger partial charge < -0.3 is 9.84 Å². The Hall–Kier alpha value is -1.09. The number of aliphatic hydroxyl groups is 1. The Labute approximate surface area is 129 Å². The highest BCUT2D eigenvalue weighted by Gasteiger charge is 2.35. The first kappa shape index (κ1) is 18.0. The van der Waals surface area contributed by atoms with E-state index in [2.05, 4.69) is 32.9 Å². The molecule has 0 heterocycles. The van der Waals surface area contributed by atoms with Crippen LogP contribution in [0.1, 0.15) is 59.8 Å². The van der Waals surface area contributed by atoms with E-state index < -0.39 is 0 Å². The minimum atomic E-state index is -0.206. The number of hydrogen-bond acceptors (Lipinski definition) is 3. The topological polar surface area (TPSA) is 46.5 Å². The van der Waals surface area contributed by atoms with Crippen molar-refractivity contribution in [1.29, 1.82) is 0 Å². The molecule has 0 saturated carbocycles. The van der Waals surface area contributed by atoms with Crippen molar-refractivity contribution in [2.45, 2.75) is 59.8 Å². The van der Waals surface area contributed by atoms with Gasteiger partial charge in [-0.25, -0.2) is 0 Å². The third-order valence-corrected chi connectivity index (χ3v) is 4.60. The van der Waals surface area contributed by atoms with Crippen LogP contribution in [0.3, 0.4) is 0 Å². The molecule has 1 aliphatic carbocycles. The van der Waals surface area contributed by atoms with Crippen molar-refractivity contribution in [2.75, 3.05) is 13.2 Å². The molecule has 0 saturated heterocycles. The smallest absolute Gasteiger partial charge is 0.302 e. The highest BCUT2D eigenvalue weighted by atomic mass is 16.5. The van der Waals surface area contributed by atoms with E-state index >= 15 is 0 Å². The number of allylic oxidation sites excluding steroid dienone is 3.